The second-order valence-electron chi connectivity index (χ2n) is 3.50. The van der Waals surface area contributed by atoms with Gasteiger partial charge in [-0.05, 0) is 40.2 Å². The quantitative estimate of drug-likeness (QED) is 0.338. The highest BCUT2D eigenvalue weighted by molar-refractivity contribution is 6.53. The minimum atomic E-state index is -3.09. The van der Waals surface area contributed by atoms with Crippen molar-refractivity contribution in [2.45, 2.75) is 39.9 Å². The van der Waals surface area contributed by atoms with E-state index < -0.39 is 15.3 Å². The van der Waals surface area contributed by atoms with Crippen LogP contribution in [0, 0.1) is 0 Å². The van der Waals surface area contributed by atoms with E-state index in [9.17, 15) is 0 Å². The molecule has 0 heterocycles. The van der Waals surface area contributed by atoms with E-state index >= 15 is 0 Å². The number of ether oxygens (including phenoxy) is 1. The molecule has 2 N–H and O–H groups in total. The van der Waals surface area contributed by atoms with Gasteiger partial charge in [-0.25, -0.2) is 0 Å². The van der Waals surface area contributed by atoms with Crippen molar-refractivity contribution in [3.63, 3.8) is 0 Å². The third kappa shape index (κ3) is 9.59. The molecule has 20 heavy (non-hydrogen) atoms. The van der Waals surface area contributed by atoms with E-state index in [0.29, 0.717) is 32.8 Å². The van der Waals surface area contributed by atoms with E-state index in [1.807, 2.05) is 20.8 Å². The normalized spacial score (nSPS) is 12.7. The molecule has 0 radical (unpaired) electrons. The lowest BCUT2D eigenvalue weighted by Crippen LogP contribution is -2.51. The number of nitrogens with two attached hydrogens (primary N) is 1. The van der Waals surface area contributed by atoms with Crippen LogP contribution in [0.4, 0.5) is 0 Å². The molecule has 0 aliphatic heterocycles. The summed E-state index contributed by atoms with van der Waals surface area (Å²) in [6.45, 7) is 13.7. The van der Waals surface area contributed by atoms with Gasteiger partial charge in [0, 0.05) is 26.9 Å². The molecule has 1 atom stereocenters. The fourth-order valence-corrected chi connectivity index (χ4v) is 3.20. The van der Waals surface area contributed by atoms with Crippen molar-refractivity contribution in [2.24, 2.45) is 5.73 Å². The van der Waals surface area contributed by atoms with Crippen LogP contribution in [0.2, 0.25) is 0 Å². The second-order valence-corrected chi connectivity index (χ2v) is 5.73. The van der Waals surface area contributed by atoms with Crippen molar-refractivity contribution < 1.29 is 22.4 Å². The van der Waals surface area contributed by atoms with Gasteiger partial charge < -0.3 is 28.2 Å². The molecule has 0 aliphatic carbocycles. The monoisotopic (exact) mass is 309 g/mol. The lowest BCUT2D eigenvalue weighted by Gasteiger charge is -2.29. The van der Waals surface area contributed by atoms with Crippen molar-refractivity contribution in [3.8, 4) is 0 Å². The average molecular weight is 309 g/mol. The summed E-state index contributed by atoms with van der Waals surface area (Å²) in [6.07, 6.45) is 1.11. The highest BCUT2D eigenvalue weighted by Gasteiger charge is 2.46. The smallest absolute Gasteiger partial charge is 0.355 e. The summed E-state index contributed by atoms with van der Waals surface area (Å²) in [5.74, 6) is 0. The summed E-state index contributed by atoms with van der Waals surface area (Å²) >= 11 is 0. The van der Waals surface area contributed by atoms with E-state index in [-0.39, 0.29) is 0 Å². The number of rotatable bonds is 12. The molecule has 0 amide bonds. The largest absolute Gasteiger partial charge is 0.681 e. The zero-order valence-corrected chi connectivity index (χ0v) is 14.4. The van der Waals surface area contributed by atoms with Gasteiger partial charge in [-0.15, -0.1) is 13.2 Å². The van der Waals surface area contributed by atoms with Crippen LogP contribution in [-0.4, -0.2) is 48.8 Å². The van der Waals surface area contributed by atoms with Gasteiger partial charge in [-0.1, -0.05) is 0 Å². The Morgan fingerprint density at radius 2 is 1.60 bits per heavy atom. The first kappa shape index (κ1) is 22.0. The molecule has 0 aromatic carbocycles. The zero-order valence-electron chi connectivity index (χ0n) is 13.4. The van der Waals surface area contributed by atoms with Crippen molar-refractivity contribution in [2.75, 3.05) is 33.5 Å². The summed E-state index contributed by atoms with van der Waals surface area (Å²) in [5, 5.41) is 0. The van der Waals surface area contributed by atoms with Gasteiger partial charge in [0.2, 0.25) is 0 Å². The molecule has 6 nitrogen and oxygen atoms in total. The van der Waals surface area contributed by atoms with Gasteiger partial charge in [0.15, 0.2) is 6.29 Å². The minimum absolute atomic E-state index is 0.400. The van der Waals surface area contributed by atoms with Gasteiger partial charge in [-0.3, -0.25) is 0 Å². The Morgan fingerprint density at radius 3 is 1.95 bits per heavy atom. The van der Waals surface area contributed by atoms with Crippen LogP contribution in [-0.2, 0) is 22.4 Å². The van der Waals surface area contributed by atoms with Gasteiger partial charge >= 0.3 is 9.05 Å². The standard InChI is InChI=1S/C11H27NO5Si.C2H4/c1-5-14-11(9-8-10-12)17-18(13-4,15-6-2)16-7-3;1-2/h11H,5-10,12H2,1-4H3;1-2H2. The van der Waals surface area contributed by atoms with Gasteiger partial charge in [0.1, 0.15) is 0 Å². The molecule has 0 aromatic rings. The molecule has 7 heteroatoms. The second kappa shape index (κ2) is 15.1. The first-order chi connectivity index (χ1) is 9.67. The van der Waals surface area contributed by atoms with Gasteiger partial charge in [0.25, 0.3) is 0 Å². The molecule has 0 bridgehead atoms. The first-order valence-electron chi connectivity index (χ1n) is 7.00. The van der Waals surface area contributed by atoms with Crippen LogP contribution in [0.25, 0.3) is 0 Å². The summed E-state index contributed by atoms with van der Waals surface area (Å²) in [5.41, 5.74) is 5.49. The molecule has 0 saturated heterocycles. The van der Waals surface area contributed by atoms with Crippen molar-refractivity contribution in [1.29, 1.82) is 0 Å². The first-order valence-corrected chi connectivity index (χ1v) is 8.63. The lowest BCUT2D eigenvalue weighted by molar-refractivity contribution is -0.146. The molecular formula is C13H31NO5Si. The SMILES string of the molecule is C=C.CCOC(CCCN)O[Si](OC)(OCC)OCC. The third-order valence-electron chi connectivity index (χ3n) is 2.16. The van der Waals surface area contributed by atoms with E-state index in [0.717, 1.165) is 6.42 Å². The van der Waals surface area contributed by atoms with Crippen LogP contribution in [0.1, 0.15) is 33.6 Å². The molecule has 0 fully saturated rings. The Balaban J connectivity index is 0. The molecule has 0 spiro atoms. The molecule has 0 aromatic heterocycles. The van der Waals surface area contributed by atoms with E-state index in [2.05, 4.69) is 13.2 Å². The van der Waals surface area contributed by atoms with E-state index in [4.69, 9.17) is 28.2 Å². The summed E-state index contributed by atoms with van der Waals surface area (Å²) in [6, 6.07) is 0. The van der Waals surface area contributed by atoms with Crippen LogP contribution in [0.5, 0.6) is 0 Å². The Hall–Kier alpha value is -0.283. The molecule has 0 aliphatic rings. The average Bonchev–Trinajstić information content (AvgIpc) is 2.47. The topological polar surface area (TPSA) is 72.2 Å². The fraction of sp³-hybridized carbons (Fsp3) is 0.846. The predicted octanol–water partition coefficient (Wildman–Crippen LogP) is 2.06. The van der Waals surface area contributed by atoms with Crippen molar-refractivity contribution in [1.82, 2.24) is 0 Å². The molecule has 1 unspecified atom stereocenters. The Labute approximate surface area is 124 Å². The maximum Gasteiger partial charge on any atom is 0.681 e. The zero-order chi connectivity index (χ0) is 15.9. The molecule has 122 valence electrons. The van der Waals surface area contributed by atoms with Gasteiger partial charge in [-0.2, -0.15) is 0 Å². The minimum Gasteiger partial charge on any atom is -0.355 e. The van der Waals surface area contributed by atoms with Crippen LogP contribution < -0.4 is 5.73 Å². The summed E-state index contributed by atoms with van der Waals surface area (Å²) < 4.78 is 27.7. The van der Waals surface area contributed by atoms with Crippen molar-refractivity contribution in [3.05, 3.63) is 13.2 Å². The third-order valence-corrected chi connectivity index (χ3v) is 4.50. The van der Waals surface area contributed by atoms with Crippen molar-refractivity contribution >= 4 is 9.05 Å². The predicted molar refractivity (Wildman–Crippen MR) is 82.1 cm³/mol. The molecule has 0 rings (SSSR count). The summed E-state index contributed by atoms with van der Waals surface area (Å²) in [7, 11) is -1.55. The highest BCUT2D eigenvalue weighted by atomic mass is 28.4. The fourth-order valence-electron chi connectivity index (χ4n) is 1.44. The Kier molecular flexibility index (Phi) is 16.6. The maximum absolute atomic E-state index is 5.81. The van der Waals surface area contributed by atoms with Crippen LogP contribution >= 0.6 is 0 Å². The number of hydrogen-bond donors (Lipinski definition) is 1. The maximum atomic E-state index is 5.81. The van der Waals surface area contributed by atoms with E-state index in [1.54, 1.807) is 0 Å². The Bertz CT molecular complexity index is 203. The van der Waals surface area contributed by atoms with Crippen LogP contribution in [0.3, 0.4) is 0 Å². The number of hydrogen-bond acceptors (Lipinski definition) is 6. The Morgan fingerprint density at radius 1 is 1.05 bits per heavy atom. The van der Waals surface area contributed by atoms with Crippen LogP contribution in [0.15, 0.2) is 13.2 Å². The molecular weight excluding hydrogens is 278 g/mol. The van der Waals surface area contributed by atoms with Gasteiger partial charge in [0.05, 0.1) is 0 Å². The lowest BCUT2D eigenvalue weighted by atomic mass is 10.3. The summed E-state index contributed by atoms with van der Waals surface area (Å²) in [4.78, 5) is 0. The highest BCUT2D eigenvalue weighted by Crippen LogP contribution is 2.17. The van der Waals surface area contributed by atoms with E-state index in [1.165, 1.54) is 7.11 Å². The molecule has 0 saturated carbocycles.